The number of aromatic nitrogens is 2. The van der Waals surface area contributed by atoms with Crippen LogP contribution in [0.4, 0.5) is 5.69 Å². The van der Waals surface area contributed by atoms with Crippen molar-refractivity contribution in [1.82, 2.24) is 14.5 Å². The lowest BCUT2D eigenvalue weighted by Gasteiger charge is -2.28. The minimum absolute atomic E-state index is 0.0454. The molecule has 0 radical (unpaired) electrons. The molecule has 0 spiro atoms. The topological polar surface area (TPSA) is 67.2 Å². The molecule has 1 N–H and O–H groups in total. The number of carbonyl (C=O) groups excluding carboxylic acids is 1. The minimum Gasteiger partial charge on any atom is -0.324 e. The zero-order valence-corrected chi connectivity index (χ0v) is 19.2. The Labute approximate surface area is 188 Å². The van der Waals surface area contributed by atoms with E-state index >= 15 is 0 Å². The van der Waals surface area contributed by atoms with E-state index in [0.29, 0.717) is 17.9 Å². The average Bonchev–Trinajstić information content (AvgIpc) is 2.74. The van der Waals surface area contributed by atoms with Gasteiger partial charge in [-0.3, -0.25) is 19.1 Å². The highest BCUT2D eigenvalue weighted by Gasteiger charge is 2.23. The van der Waals surface area contributed by atoms with Gasteiger partial charge < -0.3 is 5.32 Å². The Morgan fingerprint density at radius 1 is 1.06 bits per heavy atom. The average molecular weight is 431 g/mol. The van der Waals surface area contributed by atoms with Crippen molar-refractivity contribution in [2.24, 2.45) is 0 Å². The Morgan fingerprint density at radius 3 is 2.62 bits per heavy atom. The summed E-state index contributed by atoms with van der Waals surface area (Å²) in [6, 6.07) is 14.4. The fraction of sp³-hybridized carbons (Fsp3) is 0.346. The van der Waals surface area contributed by atoms with Crippen LogP contribution in [0.25, 0.3) is 0 Å². The molecule has 0 aliphatic carbocycles. The van der Waals surface area contributed by atoms with Crippen LogP contribution in [-0.2, 0) is 30.8 Å². The second-order valence-electron chi connectivity index (χ2n) is 8.79. The van der Waals surface area contributed by atoms with Crippen LogP contribution in [0.2, 0.25) is 0 Å². The third-order valence-corrected chi connectivity index (χ3v) is 6.04. The van der Waals surface area contributed by atoms with Crippen molar-refractivity contribution >= 4 is 11.6 Å². The van der Waals surface area contributed by atoms with Crippen molar-refractivity contribution in [3.8, 4) is 0 Å². The molecule has 1 aliphatic heterocycles. The van der Waals surface area contributed by atoms with Gasteiger partial charge in [-0.1, -0.05) is 42.0 Å². The standard InChI is InChI=1S/C26H30N4O2/c1-17-6-5-7-21(12-17)14-29-11-10-23-22(15-29)26(32)30(20(4)27-23)16-25(31)28-24-13-18(2)8-9-19(24)3/h5-9,12-13H,10-11,14-16H2,1-4H3,(H,28,31). The molecular weight excluding hydrogens is 400 g/mol. The molecule has 0 atom stereocenters. The van der Waals surface area contributed by atoms with Crippen LogP contribution >= 0.6 is 0 Å². The van der Waals surface area contributed by atoms with Gasteiger partial charge >= 0.3 is 0 Å². The van der Waals surface area contributed by atoms with E-state index in [2.05, 4.69) is 46.4 Å². The van der Waals surface area contributed by atoms with Gasteiger partial charge in [0.2, 0.25) is 5.91 Å². The van der Waals surface area contributed by atoms with E-state index in [1.165, 1.54) is 15.7 Å². The molecule has 3 aromatic rings. The van der Waals surface area contributed by atoms with Crippen LogP contribution in [0.3, 0.4) is 0 Å². The number of anilines is 1. The maximum Gasteiger partial charge on any atom is 0.258 e. The lowest BCUT2D eigenvalue weighted by Crippen LogP contribution is -2.40. The molecule has 166 valence electrons. The Bertz CT molecular complexity index is 1230. The van der Waals surface area contributed by atoms with Crippen LogP contribution in [0, 0.1) is 27.7 Å². The van der Waals surface area contributed by atoms with Crippen LogP contribution in [0.5, 0.6) is 0 Å². The van der Waals surface area contributed by atoms with Gasteiger partial charge in [-0.05, 0) is 50.5 Å². The number of fused-ring (bicyclic) bond motifs is 1. The van der Waals surface area contributed by atoms with Gasteiger partial charge in [-0.15, -0.1) is 0 Å². The Kier molecular flexibility index (Phi) is 6.24. The molecule has 6 nitrogen and oxygen atoms in total. The zero-order chi connectivity index (χ0) is 22.8. The third-order valence-electron chi connectivity index (χ3n) is 6.04. The molecule has 32 heavy (non-hydrogen) atoms. The summed E-state index contributed by atoms with van der Waals surface area (Å²) in [5.74, 6) is 0.357. The molecular formula is C26H30N4O2. The van der Waals surface area contributed by atoms with E-state index in [-0.39, 0.29) is 18.0 Å². The van der Waals surface area contributed by atoms with E-state index in [0.717, 1.165) is 42.0 Å². The normalized spacial score (nSPS) is 13.6. The van der Waals surface area contributed by atoms with Gasteiger partial charge in [0.15, 0.2) is 0 Å². The Balaban J connectivity index is 1.53. The molecule has 0 bridgehead atoms. The molecule has 0 unspecified atom stereocenters. The van der Waals surface area contributed by atoms with Crippen LogP contribution in [-0.4, -0.2) is 26.9 Å². The number of aryl methyl sites for hydroxylation is 4. The summed E-state index contributed by atoms with van der Waals surface area (Å²) in [6.07, 6.45) is 0.743. The monoisotopic (exact) mass is 430 g/mol. The van der Waals surface area contributed by atoms with Crippen molar-refractivity contribution in [3.05, 3.63) is 92.2 Å². The first-order valence-electron chi connectivity index (χ1n) is 11.0. The molecule has 2 heterocycles. The highest BCUT2D eigenvalue weighted by Crippen LogP contribution is 2.19. The molecule has 0 fully saturated rings. The number of nitrogens with zero attached hydrogens (tertiary/aromatic N) is 3. The van der Waals surface area contributed by atoms with Gasteiger partial charge in [-0.2, -0.15) is 0 Å². The van der Waals surface area contributed by atoms with Crippen LogP contribution in [0.15, 0.2) is 47.3 Å². The highest BCUT2D eigenvalue weighted by atomic mass is 16.2. The summed E-state index contributed by atoms with van der Waals surface area (Å²) >= 11 is 0. The number of rotatable bonds is 5. The fourth-order valence-corrected chi connectivity index (χ4v) is 4.28. The molecule has 0 saturated carbocycles. The maximum absolute atomic E-state index is 13.3. The lowest BCUT2D eigenvalue weighted by molar-refractivity contribution is -0.116. The van der Waals surface area contributed by atoms with Crippen molar-refractivity contribution in [1.29, 1.82) is 0 Å². The van der Waals surface area contributed by atoms with E-state index in [1.807, 2.05) is 32.0 Å². The number of nitrogens with one attached hydrogen (secondary N) is 1. The number of hydrogen-bond acceptors (Lipinski definition) is 4. The van der Waals surface area contributed by atoms with Gasteiger partial charge in [0.1, 0.15) is 12.4 Å². The van der Waals surface area contributed by atoms with Crippen molar-refractivity contribution < 1.29 is 4.79 Å². The molecule has 1 aliphatic rings. The van der Waals surface area contributed by atoms with Crippen molar-refractivity contribution in [3.63, 3.8) is 0 Å². The first-order valence-corrected chi connectivity index (χ1v) is 11.0. The summed E-state index contributed by atoms with van der Waals surface area (Å²) in [7, 11) is 0. The van der Waals surface area contributed by atoms with Gasteiger partial charge in [0.25, 0.3) is 5.56 Å². The van der Waals surface area contributed by atoms with Crippen molar-refractivity contribution in [2.45, 2.75) is 53.8 Å². The first-order chi connectivity index (χ1) is 15.3. The van der Waals surface area contributed by atoms with Gasteiger partial charge in [0, 0.05) is 31.7 Å². The Morgan fingerprint density at radius 2 is 1.84 bits per heavy atom. The first kappa shape index (κ1) is 22.0. The maximum atomic E-state index is 13.3. The molecule has 1 amide bonds. The van der Waals surface area contributed by atoms with E-state index in [9.17, 15) is 9.59 Å². The predicted octanol–water partition coefficient (Wildman–Crippen LogP) is 3.67. The lowest BCUT2D eigenvalue weighted by atomic mass is 10.0. The number of benzene rings is 2. The summed E-state index contributed by atoms with van der Waals surface area (Å²) in [5.41, 5.74) is 6.75. The molecule has 4 rings (SSSR count). The quantitative estimate of drug-likeness (QED) is 0.671. The smallest absolute Gasteiger partial charge is 0.258 e. The van der Waals surface area contributed by atoms with Gasteiger partial charge in [-0.25, -0.2) is 4.98 Å². The molecule has 6 heteroatoms. The minimum atomic E-state index is -0.224. The summed E-state index contributed by atoms with van der Waals surface area (Å²) in [4.78, 5) is 33.0. The summed E-state index contributed by atoms with van der Waals surface area (Å²) in [5, 5.41) is 2.94. The zero-order valence-electron chi connectivity index (χ0n) is 19.2. The van der Waals surface area contributed by atoms with Gasteiger partial charge in [0.05, 0.1) is 11.3 Å². The van der Waals surface area contributed by atoms with Crippen molar-refractivity contribution in [2.75, 3.05) is 11.9 Å². The van der Waals surface area contributed by atoms with Crippen LogP contribution < -0.4 is 10.9 Å². The summed E-state index contributed by atoms with van der Waals surface area (Å²) < 4.78 is 1.50. The van der Waals surface area contributed by atoms with E-state index < -0.39 is 0 Å². The number of carbonyl (C=O) groups is 1. The Hall–Kier alpha value is -3.25. The second kappa shape index (κ2) is 9.09. The predicted molar refractivity (Wildman–Crippen MR) is 127 cm³/mol. The number of hydrogen-bond donors (Lipinski definition) is 1. The SMILES string of the molecule is Cc1cccc(CN2CCc3nc(C)n(CC(=O)Nc4cc(C)ccc4C)c(=O)c3C2)c1. The second-order valence-corrected chi connectivity index (χ2v) is 8.79. The van der Waals surface area contributed by atoms with E-state index in [4.69, 9.17) is 0 Å². The molecule has 0 saturated heterocycles. The molecule has 1 aromatic heterocycles. The summed E-state index contributed by atoms with van der Waals surface area (Å²) in [6.45, 7) is 9.99. The number of amides is 1. The fourth-order valence-electron chi connectivity index (χ4n) is 4.28. The largest absolute Gasteiger partial charge is 0.324 e. The highest BCUT2D eigenvalue weighted by molar-refractivity contribution is 5.91. The van der Waals surface area contributed by atoms with E-state index in [1.54, 1.807) is 6.92 Å². The van der Waals surface area contributed by atoms with Crippen LogP contribution in [0.1, 0.15) is 39.3 Å². The molecule has 2 aromatic carbocycles. The third kappa shape index (κ3) is 4.81.